The number of rotatable bonds is 3. The Morgan fingerprint density at radius 2 is 1.00 bits per heavy atom. The van der Waals surface area contributed by atoms with Gasteiger partial charge in [-0.25, -0.2) is 0 Å². The zero-order valence-corrected chi connectivity index (χ0v) is 17.6. The highest BCUT2D eigenvalue weighted by atomic mass is 16.2. The lowest BCUT2D eigenvalue weighted by Gasteiger charge is -2.26. The second-order valence-corrected chi connectivity index (χ2v) is 7.52. The number of carbonyl (C=O) groups excluding carboxylic acids is 1. The first-order valence-electron chi connectivity index (χ1n) is 10.3. The molecule has 29 heavy (non-hydrogen) atoms. The van der Waals surface area contributed by atoms with Gasteiger partial charge in [-0.15, -0.1) is 0 Å². The summed E-state index contributed by atoms with van der Waals surface area (Å²) in [5.74, 6) is 1.68. The van der Waals surface area contributed by atoms with Crippen LogP contribution in [0, 0.1) is 5.92 Å². The first kappa shape index (κ1) is 22.6. The van der Waals surface area contributed by atoms with Crippen molar-refractivity contribution in [1.82, 2.24) is 0 Å². The maximum Gasteiger partial charge on any atom is 0.106 e. The Morgan fingerprint density at radius 3 is 1.45 bits per heavy atom. The largest absolute Gasteiger partial charge is 0.400 e. The molecule has 2 nitrogen and oxygen atoms in total. The summed E-state index contributed by atoms with van der Waals surface area (Å²) < 4.78 is 0. The van der Waals surface area contributed by atoms with Crippen LogP contribution >= 0.6 is 0 Å². The molecule has 3 aromatic carbocycles. The summed E-state index contributed by atoms with van der Waals surface area (Å²) in [5, 5.41) is 7.00. The zero-order valence-electron chi connectivity index (χ0n) is 17.6. The highest BCUT2D eigenvalue weighted by Gasteiger charge is 2.19. The summed E-state index contributed by atoms with van der Waals surface area (Å²) >= 11 is 0. The van der Waals surface area contributed by atoms with Gasteiger partial charge in [0.25, 0.3) is 0 Å². The molecule has 1 aliphatic carbocycles. The van der Waals surface area contributed by atoms with E-state index in [0.717, 1.165) is 18.9 Å². The van der Waals surface area contributed by atoms with E-state index in [1.165, 1.54) is 53.5 Å². The molecule has 0 amide bonds. The molecule has 152 valence electrons. The van der Waals surface area contributed by atoms with Crippen molar-refractivity contribution in [3.05, 3.63) is 84.4 Å². The van der Waals surface area contributed by atoms with E-state index in [2.05, 4.69) is 85.8 Å². The molecule has 0 aromatic heterocycles. The maximum absolute atomic E-state index is 8.00. The number of aliphatic hydroxyl groups excluding tert-OH is 1. The van der Waals surface area contributed by atoms with Crippen LogP contribution in [0.3, 0.4) is 0 Å². The van der Waals surface area contributed by atoms with Gasteiger partial charge in [-0.05, 0) is 52.5 Å². The third-order valence-electron chi connectivity index (χ3n) is 5.72. The van der Waals surface area contributed by atoms with Crippen molar-refractivity contribution in [3.63, 3.8) is 0 Å². The van der Waals surface area contributed by atoms with Crippen LogP contribution in [0.15, 0.2) is 78.9 Å². The van der Waals surface area contributed by atoms with Crippen LogP contribution in [0.25, 0.3) is 22.3 Å². The fraction of sp³-hybridized carbons (Fsp3) is 0.296. The summed E-state index contributed by atoms with van der Waals surface area (Å²) in [7, 11) is 1.00. The smallest absolute Gasteiger partial charge is 0.106 e. The molecule has 0 atom stereocenters. The van der Waals surface area contributed by atoms with E-state index in [9.17, 15) is 0 Å². The van der Waals surface area contributed by atoms with Gasteiger partial charge in [0.15, 0.2) is 0 Å². The van der Waals surface area contributed by atoms with Gasteiger partial charge in [0.2, 0.25) is 0 Å². The Balaban J connectivity index is 0.000000707. The molecule has 1 saturated carbocycles. The average Bonchev–Trinajstić information content (AvgIpc) is 2.83. The Labute approximate surface area is 175 Å². The molecule has 2 heteroatoms. The maximum atomic E-state index is 8.00. The topological polar surface area (TPSA) is 37.3 Å². The van der Waals surface area contributed by atoms with Crippen LogP contribution in [0.4, 0.5) is 0 Å². The highest BCUT2D eigenvalue weighted by molar-refractivity contribution is 5.70. The Bertz CT molecular complexity index is 815. The summed E-state index contributed by atoms with van der Waals surface area (Å²) in [6, 6.07) is 28.8. The lowest BCUT2D eigenvalue weighted by atomic mass is 9.79. The molecule has 0 unspecified atom stereocenters. The van der Waals surface area contributed by atoms with Crippen molar-refractivity contribution >= 4 is 6.79 Å². The lowest BCUT2D eigenvalue weighted by molar-refractivity contribution is -0.0979. The molecule has 0 spiro atoms. The third-order valence-corrected chi connectivity index (χ3v) is 5.72. The standard InChI is InChI=1S/C25H26.CH4O.CH2O/c1-19-7-9-21(10-8-19)23-15-17-25(18-16-23)24-13-11-22(12-14-24)20-5-3-2-4-6-20;2*1-2/h2-6,11-19,21H,7-10H2,1H3;2H,1H3;1H2. The molecule has 1 aliphatic rings. The second kappa shape index (κ2) is 12.0. The van der Waals surface area contributed by atoms with Gasteiger partial charge in [-0.1, -0.05) is 98.6 Å². The fourth-order valence-electron chi connectivity index (χ4n) is 4.03. The molecule has 0 bridgehead atoms. The normalized spacial score (nSPS) is 17.9. The Morgan fingerprint density at radius 1 is 0.621 bits per heavy atom. The van der Waals surface area contributed by atoms with Crippen molar-refractivity contribution in [2.75, 3.05) is 7.11 Å². The second-order valence-electron chi connectivity index (χ2n) is 7.52. The van der Waals surface area contributed by atoms with E-state index in [4.69, 9.17) is 9.90 Å². The number of hydrogen-bond donors (Lipinski definition) is 1. The van der Waals surface area contributed by atoms with Crippen molar-refractivity contribution in [2.45, 2.75) is 38.5 Å². The van der Waals surface area contributed by atoms with Crippen LogP contribution in [0.2, 0.25) is 0 Å². The van der Waals surface area contributed by atoms with Gasteiger partial charge in [0, 0.05) is 7.11 Å². The molecular formula is C27H32O2. The predicted octanol–water partition coefficient (Wildman–Crippen LogP) is 6.74. The van der Waals surface area contributed by atoms with Crippen LogP contribution < -0.4 is 0 Å². The number of aliphatic hydroxyl groups is 1. The highest BCUT2D eigenvalue weighted by Crippen LogP contribution is 2.36. The van der Waals surface area contributed by atoms with E-state index < -0.39 is 0 Å². The SMILES string of the molecule is C=O.CC1CCC(c2ccc(-c3ccc(-c4ccccc4)cc3)cc2)CC1.CO. The van der Waals surface area contributed by atoms with Gasteiger partial charge in [0.1, 0.15) is 6.79 Å². The van der Waals surface area contributed by atoms with Gasteiger partial charge < -0.3 is 9.90 Å². The van der Waals surface area contributed by atoms with Crippen LogP contribution in [-0.4, -0.2) is 19.0 Å². The minimum absolute atomic E-state index is 0.769. The summed E-state index contributed by atoms with van der Waals surface area (Å²) in [6.45, 7) is 4.39. The molecule has 0 heterocycles. The van der Waals surface area contributed by atoms with Crippen LogP contribution in [-0.2, 0) is 4.79 Å². The minimum atomic E-state index is 0.769. The molecule has 0 saturated heterocycles. The zero-order chi connectivity index (χ0) is 21.1. The Kier molecular flexibility index (Phi) is 9.33. The van der Waals surface area contributed by atoms with Crippen LogP contribution in [0.5, 0.6) is 0 Å². The lowest BCUT2D eigenvalue weighted by Crippen LogP contribution is -2.10. The quantitative estimate of drug-likeness (QED) is 0.539. The van der Waals surface area contributed by atoms with Crippen LogP contribution in [0.1, 0.15) is 44.1 Å². The molecule has 4 rings (SSSR count). The first-order chi connectivity index (χ1) is 14.3. The average molecular weight is 389 g/mol. The third kappa shape index (κ3) is 6.13. The van der Waals surface area contributed by atoms with Gasteiger partial charge in [-0.3, -0.25) is 0 Å². The van der Waals surface area contributed by atoms with E-state index in [-0.39, 0.29) is 0 Å². The summed E-state index contributed by atoms with van der Waals surface area (Å²) in [4.78, 5) is 8.00. The van der Waals surface area contributed by atoms with Crippen molar-refractivity contribution in [1.29, 1.82) is 0 Å². The molecule has 0 aliphatic heterocycles. The number of hydrogen-bond acceptors (Lipinski definition) is 2. The van der Waals surface area contributed by atoms with Gasteiger partial charge >= 0.3 is 0 Å². The molecule has 3 aromatic rings. The minimum Gasteiger partial charge on any atom is -0.400 e. The van der Waals surface area contributed by atoms with Crippen molar-refractivity contribution in [3.8, 4) is 22.3 Å². The van der Waals surface area contributed by atoms with Crippen molar-refractivity contribution in [2.24, 2.45) is 5.92 Å². The number of carbonyl (C=O) groups is 1. The van der Waals surface area contributed by atoms with Crippen molar-refractivity contribution < 1.29 is 9.90 Å². The van der Waals surface area contributed by atoms with Gasteiger partial charge in [-0.2, -0.15) is 0 Å². The van der Waals surface area contributed by atoms with E-state index in [1.807, 2.05) is 6.79 Å². The molecular weight excluding hydrogens is 356 g/mol. The van der Waals surface area contributed by atoms with E-state index >= 15 is 0 Å². The first-order valence-corrected chi connectivity index (χ1v) is 10.3. The predicted molar refractivity (Wildman–Crippen MR) is 123 cm³/mol. The van der Waals surface area contributed by atoms with E-state index in [0.29, 0.717) is 0 Å². The van der Waals surface area contributed by atoms with E-state index in [1.54, 1.807) is 0 Å². The van der Waals surface area contributed by atoms with Gasteiger partial charge in [0.05, 0.1) is 0 Å². The monoisotopic (exact) mass is 388 g/mol. The summed E-state index contributed by atoms with van der Waals surface area (Å²) in [5.41, 5.74) is 6.68. The molecule has 1 fully saturated rings. The fourth-order valence-corrected chi connectivity index (χ4v) is 4.03. The molecule has 0 radical (unpaired) electrons. The number of benzene rings is 3. The molecule has 1 N–H and O–H groups in total. The summed E-state index contributed by atoms with van der Waals surface area (Å²) in [6.07, 6.45) is 5.47. The Hall–Kier alpha value is -2.71.